The Labute approximate surface area is 264 Å². The number of amides is 3. The largest absolute Gasteiger partial charge is 0.396 e. The zero-order chi connectivity index (χ0) is 31.1. The van der Waals surface area contributed by atoms with Gasteiger partial charge in [0.2, 0.25) is 11.8 Å². The Morgan fingerprint density at radius 1 is 0.886 bits per heavy atom. The lowest BCUT2D eigenvalue weighted by molar-refractivity contribution is -0.144. The van der Waals surface area contributed by atoms with Crippen molar-refractivity contribution in [2.24, 2.45) is 11.8 Å². The fraction of sp³-hybridized carbons (Fsp3) is 0.457. The number of hydrogen-bond acceptors (Lipinski definition) is 6. The van der Waals surface area contributed by atoms with Crippen molar-refractivity contribution in [1.82, 2.24) is 9.80 Å². The molecule has 44 heavy (non-hydrogen) atoms. The van der Waals surface area contributed by atoms with Crippen molar-refractivity contribution in [3.8, 4) is 0 Å². The maximum Gasteiger partial charge on any atom is 0.251 e. The predicted octanol–water partition coefficient (Wildman–Crippen LogP) is 4.10. The molecule has 2 fully saturated rings. The van der Waals surface area contributed by atoms with Crippen LogP contribution in [0, 0.1) is 11.8 Å². The molecule has 1 N–H and O–H groups in total. The molecule has 5 atom stereocenters. The van der Waals surface area contributed by atoms with E-state index in [-0.39, 0.29) is 30.9 Å². The summed E-state index contributed by atoms with van der Waals surface area (Å²) in [4.78, 5) is 51.1. The van der Waals surface area contributed by atoms with Crippen molar-refractivity contribution in [2.45, 2.75) is 49.3 Å². The molecule has 0 bridgehead atoms. The summed E-state index contributed by atoms with van der Waals surface area (Å²) in [5, 5.41) is 9.73. The summed E-state index contributed by atoms with van der Waals surface area (Å²) < 4.78 is -1.57. The van der Waals surface area contributed by atoms with Crippen molar-refractivity contribution in [3.05, 3.63) is 84.5 Å². The van der Waals surface area contributed by atoms with Crippen molar-refractivity contribution in [3.63, 3.8) is 0 Å². The number of hydrogen-bond donors (Lipinski definition) is 1. The van der Waals surface area contributed by atoms with Crippen LogP contribution in [0.3, 0.4) is 0 Å². The second kappa shape index (κ2) is 12.1. The van der Waals surface area contributed by atoms with Gasteiger partial charge in [0.1, 0.15) is 6.04 Å². The normalized spacial score (nSPS) is 29.4. The van der Waals surface area contributed by atoms with Gasteiger partial charge in [-0.2, -0.15) is 0 Å². The van der Waals surface area contributed by atoms with E-state index >= 15 is 0 Å². The summed E-state index contributed by atoms with van der Waals surface area (Å²) in [6, 6.07) is 17.2. The summed E-state index contributed by atoms with van der Waals surface area (Å²) in [7, 11) is 0. The van der Waals surface area contributed by atoms with E-state index in [1.807, 2.05) is 78.6 Å². The topological polar surface area (TPSA) is 84.4 Å². The molecule has 2 saturated heterocycles. The minimum absolute atomic E-state index is 0.0548. The first-order chi connectivity index (χ1) is 21.3. The van der Waals surface area contributed by atoms with E-state index in [0.29, 0.717) is 26.1 Å². The molecule has 0 saturated carbocycles. The maximum atomic E-state index is 14.7. The summed E-state index contributed by atoms with van der Waals surface area (Å²) in [5.41, 5.74) is 2.91. The van der Waals surface area contributed by atoms with E-state index in [1.54, 1.807) is 21.6 Å². The van der Waals surface area contributed by atoms with Gasteiger partial charge < -0.3 is 24.7 Å². The highest BCUT2D eigenvalue weighted by Crippen LogP contribution is 2.65. The molecule has 0 radical (unpaired) electrons. The number of benzene rings is 2. The molecular weight excluding hydrogens is 572 g/mol. The smallest absolute Gasteiger partial charge is 0.251 e. The van der Waals surface area contributed by atoms with Gasteiger partial charge in [0, 0.05) is 62.0 Å². The van der Waals surface area contributed by atoms with Crippen LogP contribution in [-0.2, 0) is 20.9 Å². The quantitative estimate of drug-likeness (QED) is 0.429. The van der Waals surface area contributed by atoms with E-state index < -0.39 is 27.4 Å². The van der Waals surface area contributed by atoms with E-state index in [9.17, 15) is 19.5 Å². The summed E-state index contributed by atoms with van der Waals surface area (Å²) >= 11 is 1.59. The first-order valence-electron chi connectivity index (χ1n) is 15.7. The number of nitrogens with zero attached hydrogens (tertiary/aromatic N) is 4. The first kappa shape index (κ1) is 30.5. The van der Waals surface area contributed by atoms with Crippen LogP contribution >= 0.6 is 11.8 Å². The van der Waals surface area contributed by atoms with Crippen LogP contribution in [0.2, 0.25) is 0 Å². The molecule has 0 aliphatic carbocycles. The van der Waals surface area contributed by atoms with Crippen LogP contribution in [0.15, 0.2) is 78.9 Å². The molecule has 0 aromatic heterocycles. The minimum atomic E-state index is -0.908. The third kappa shape index (κ3) is 4.94. The highest BCUT2D eigenvalue weighted by Gasteiger charge is 2.73. The average Bonchev–Trinajstić information content (AvgIpc) is 3.30. The van der Waals surface area contributed by atoms with Gasteiger partial charge in [0.15, 0.2) is 0 Å². The zero-order valence-electron chi connectivity index (χ0n) is 25.8. The van der Waals surface area contributed by atoms with Gasteiger partial charge in [-0.05, 0) is 57.0 Å². The van der Waals surface area contributed by atoms with Crippen LogP contribution in [-0.4, -0.2) is 87.5 Å². The molecule has 232 valence electrons. The van der Waals surface area contributed by atoms with E-state index in [1.165, 1.54) is 0 Å². The van der Waals surface area contributed by atoms with E-state index in [2.05, 4.69) is 30.9 Å². The molecule has 8 nitrogen and oxygen atoms in total. The van der Waals surface area contributed by atoms with Crippen LogP contribution in [0.5, 0.6) is 0 Å². The Hall–Kier alpha value is -3.56. The second-order valence-corrected chi connectivity index (χ2v) is 14.0. The Bertz CT molecular complexity index is 1460. The monoisotopic (exact) mass is 614 g/mol. The number of thioether (sulfide) groups is 1. The fourth-order valence-electron chi connectivity index (χ4n) is 7.66. The Balaban J connectivity index is 1.38. The highest BCUT2D eigenvalue weighted by atomic mass is 32.2. The molecule has 1 unspecified atom stereocenters. The van der Waals surface area contributed by atoms with Gasteiger partial charge >= 0.3 is 0 Å². The van der Waals surface area contributed by atoms with Crippen molar-refractivity contribution < 1.29 is 19.5 Å². The van der Waals surface area contributed by atoms with Crippen LogP contribution in [0.1, 0.15) is 32.8 Å². The van der Waals surface area contributed by atoms with Gasteiger partial charge in [-0.25, -0.2) is 0 Å². The SMILES string of the molecule is CCN(CC)c1ccc(N2CC=C[C@]34S[C@@]5(C)C=CCN(Cc6ccccc6)C(=O)[C@H]5[C@H]3C(=O)N(CCCO)C4C2=O)cc1. The number of fused-ring (bicyclic) bond motifs is 2. The third-order valence-corrected chi connectivity index (χ3v) is 11.5. The number of carbonyl (C=O) groups is 3. The first-order valence-corrected chi connectivity index (χ1v) is 16.6. The second-order valence-electron chi connectivity index (χ2n) is 12.3. The summed E-state index contributed by atoms with van der Waals surface area (Å²) in [6.45, 7) is 9.54. The fourth-order valence-corrected chi connectivity index (χ4v) is 9.82. The summed E-state index contributed by atoms with van der Waals surface area (Å²) in [6.07, 6.45) is 8.55. The molecular formula is C35H42N4O4S. The van der Waals surface area contributed by atoms with Gasteiger partial charge in [-0.3, -0.25) is 14.4 Å². The Morgan fingerprint density at radius 2 is 1.59 bits per heavy atom. The highest BCUT2D eigenvalue weighted by molar-refractivity contribution is 8.02. The standard InChI is InChI=1S/C35H42N4O4S/c1-4-36(5-2)26-14-16-27(17-15-26)38-21-10-19-35-29(32(42)39(22-11-23-40)30(35)33(38)43)28-31(41)37(20-9-18-34(28,3)44-35)24-25-12-7-6-8-13-25/h6-10,12-19,28-30,40H,4-5,11,20-24H2,1-3H3/t28-,29+,30?,34+,35+/m1/s1. The van der Waals surface area contributed by atoms with Crippen molar-refractivity contribution in [1.29, 1.82) is 0 Å². The van der Waals surface area contributed by atoms with Crippen molar-refractivity contribution in [2.75, 3.05) is 49.1 Å². The third-order valence-electron chi connectivity index (χ3n) is 9.70. The zero-order valence-corrected chi connectivity index (χ0v) is 26.6. The maximum absolute atomic E-state index is 14.7. The molecule has 1 spiro atoms. The number of aliphatic hydroxyl groups is 1. The van der Waals surface area contributed by atoms with Crippen LogP contribution < -0.4 is 9.80 Å². The molecule has 4 aliphatic rings. The number of carbonyl (C=O) groups excluding carboxylic acids is 3. The van der Waals surface area contributed by atoms with Gasteiger partial charge in [-0.1, -0.05) is 54.6 Å². The molecule has 6 rings (SSSR count). The molecule has 2 aromatic carbocycles. The lowest BCUT2D eigenvalue weighted by Gasteiger charge is -2.37. The van der Waals surface area contributed by atoms with E-state index in [0.717, 1.165) is 30.0 Å². The van der Waals surface area contributed by atoms with E-state index in [4.69, 9.17) is 0 Å². The lowest BCUT2D eigenvalue weighted by atomic mass is 9.74. The predicted molar refractivity (Wildman–Crippen MR) is 175 cm³/mol. The molecule has 3 amide bonds. The number of rotatable bonds is 9. The Kier molecular flexibility index (Phi) is 8.37. The number of aliphatic hydroxyl groups excluding tert-OH is 1. The Morgan fingerprint density at radius 3 is 2.27 bits per heavy atom. The van der Waals surface area contributed by atoms with Gasteiger partial charge in [0.25, 0.3) is 5.91 Å². The van der Waals surface area contributed by atoms with Crippen molar-refractivity contribution >= 4 is 40.9 Å². The molecule has 4 aliphatic heterocycles. The lowest BCUT2D eigenvalue weighted by Crippen LogP contribution is -2.53. The summed E-state index contributed by atoms with van der Waals surface area (Å²) in [5.74, 6) is -1.70. The molecule has 2 aromatic rings. The van der Waals surface area contributed by atoms with Crippen LogP contribution in [0.25, 0.3) is 0 Å². The molecule has 4 heterocycles. The van der Waals surface area contributed by atoms with Gasteiger partial charge in [0.05, 0.1) is 16.6 Å². The molecule has 9 heteroatoms. The number of likely N-dealkylation sites (tertiary alicyclic amines) is 1. The number of anilines is 2. The average molecular weight is 615 g/mol. The van der Waals surface area contributed by atoms with Gasteiger partial charge in [-0.15, -0.1) is 11.8 Å². The van der Waals surface area contributed by atoms with Crippen LogP contribution in [0.4, 0.5) is 11.4 Å². The minimum Gasteiger partial charge on any atom is -0.396 e.